The summed E-state index contributed by atoms with van der Waals surface area (Å²) in [7, 11) is 0. The molecule has 0 spiro atoms. The van der Waals surface area contributed by atoms with Crippen molar-refractivity contribution in [1.29, 1.82) is 0 Å². The third kappa shape index (κ3) is 5.00. The van der Waals surface area contributed by atoms with Crippen LogP contribution in [0.2, 0.25) is 0 Å². The number of ether oxygens (including phenoxy) is 1. The molecular weight excluding hydrogens is 362 g/mol. The van der Waals surface area contributed by atoms with Crippen LogP contribution < -0.4 is 10.1 Å². The van der Waals surface area contributed by atoms with E-state index in [9.17, 15) is 4.79 Å². The summed E-state index contributed by atoms with van der Waals surface area (Å²) in [5, 5.41) is 3.01. The van der Waals surface area contributed by atoms with E-state index in [1.807, 2.05) is 42.6 Å². The molecule has 2 heterocycles. The number of nitrogens with zero attached hydrogens (tertiary/aromatic N) is 2. The highest BCUT2D eigenvalue weighted by molar-refractivity contribution is 5.94. The Morgan fingerprint density at radius 3 is 2.79 bits per heavy atom. The summed E-state index contributed by atoms with van der Waals surface area (Å²) < 4.78 is 5.90. The van der Waals surface area contributed by atoms with Crippen molar-refractivity contribution in [3.63, 3.8) is 0 Å². The summed E-state index contributed by atoms with van der Waals surface area (Å²) in [5.41, 5.74) is 5.16. The number of amides is 1. The van der Waals surface area contributed by atoms with Crippen molar-refractivity contribution >= 4 is 5.91 Å². The summed E-state index contributed by atoms with van der Waals surface area (Å²) in [6.45, 7) is 5.58. The Morgan fingerprint density at radius 2 is 2.00 bits per heavy atom. The van der Waals surface area contributed by atoms with Gasteiger partial charge in [-0.15, -0.1) is 0 Å². The molecule has 1 amide bonds. The van der Waals surface area contributed by atoms with E-state index in [1.165, 1.54) is 11.1 Å². The molecule has 1 aliphatic rings. The minimum absolute atomic E-state index is 0.0727. The van der Waals surface area contributed by atoms with Crippen LogP contribution in [-0.4, -0.2) is 28.9 Å². The van der Waals surface area contributed by atoms with Gasteiger partial charge in [-0.1, -0.05) is 35.9 Å². The van der Waals surface area contributed by atoms with E-state index in [-0.39, 0.29) is 5.91 Å². The highest BCUT2D eigenvalue weighted by atomic mass is 16.5. The van der Waals surface area contributed by atoms with Gasteiger partial charge in [0, 0.05) is 49.7 Å². The average Bonchev–Trinajstić information content (AvgIpc) is 2.95. The lowest BCUT2D eigenvalue weighted by Gasteiger charge is -2.19. The highest BCUT2D eigenvalue weighted by Crippen LogP contribution is 2.25. The van der Waals surface area contributed by atoms with Crippen molar-refractivity contribution in [3.05, 3.63) is 94.8 Å². The van der Waals surface area contributed by atoms with Crippen molar-refractivity contribution < 1.29 is 9.53 Å². The first-order valence-corrected chi connectivity index (χ1v) is 9.88. The molecule has 29 heavy (non-hydrogen) atoms. The van der Waals surface area contributed by atoms with Gasteiger partial charge in [0.1, 0.15) is 12.4 Å². The molecule has 0 radical (unpaired) electrons. The fourth-order valence-corrected chi connectivity index (χ4v) is 3.46. The fraction of sp³-hybridized carbons (Fsp3) is 0.250. The van der Waals surface area contributed by atoms with E-state index in [1.54, 1.807) is 6.20 Å². The predicted octanol–water partition coefficient (Wildman–Crippen LogP) is 3.71. The van der Waals surface area contributed by atoms with Gasteiger partial charge >= 0.3 is 0 Å². The number of pyridine rings is 1. The van der Waals surface area contributed by atoms with Crippen LogP contribution in [0.4, 0.5) is 0 Å². The smallest absolute Gasteiger partial charge is 0.251 e. The summed E-state index contributed by atoms with van der Waals surface area (Å²) in [6, 6.07) is 17.9. The SMILES string of the molecule is Cc1ccc(CNC(=O)c2ccc3c(c2)CN(Cc2cccnc2)CCO3)cc1. The number of hydrogen-bond acceptors (Lipinski definition) is 4. The maximum absolute atomic E-state index is 12.7. The molecule has 0 saturated heterocycles. The van der Waals surface area contributed by atoms with E-state index < -0.39 is 0 Å². The molecule has 1 N–H and O–H groups in total. The third-order valence-corrected chi connectivity index (χ3v) is 5.08. The van der Waals surface area contributed by atoms with Crippen molar-refractivity contribution in [3.8, 4) is 5.75 Å². The first-order chi connectivity index (χ1) is 14.2. The van der Waals surface area contributed by atoms with Gasteiger partial charge in [0.2, 0.25) is 0 Å². The zero-order valence-electron chi connectivity index (χ0n) is 16.6. The van der Waals surface area contributed by atoms with Gasteiger partial charge in [-0.05, 0) is 42.3 Å². The van der Waals surface area contributed by atoms with Gasteiger partial charge < -0.3 is 10.1 Å². The molecule has 1 aromatic heterocycles. The largest absolute Gasteiger partial charge is 0.492 e. The van der Waals surface area contributed by atoms with E-state index in [0.29, 0.717) is 18.7 Å². The van der Waals surface area contributed by atoms with Gasteiger partial charge in [-0.25, -0.2) is 0 Å². The van der Waals surface area contributed by atoms with E-state index in [2.05, 4.69) is 40.3 Å². The Bertz CT molecular complexity index is 971. The van der Waals surface area contributed by atoms with Crippen LogP contribution in [0.3, 0.4) is 0 Å². The van der Waals surface area contributed by atoms with Crippen LogP contribution in [0, 0.1) is 6.92 Å². The standard InChI is InChI=1S/C24H25N3O2/c1-18-4-6-19(7-5-18)15-26-24(28)21-8-9-23-22(13-21)17-27(11-12-29-23)16-20-3-2-10-25-14-20/h2-10,13-14H,11-12,15-17H2,1H3,(H,26,28). The molecule has 0 bridgehead atoms. The third-order valence-electron chi connectivity index (χ3n) is 5.08. The average molecular weight is 387 g/mol. The molecule has 0 unspecified atom stereocenters. The number of rotatable bonds is 5. The second-order valence-electron chi connectivity index (χ2n) is 7.41. The first-order valence-electron chi connectivity index (χ1n) is 9.88. The number of nitrogens with one attached hydrogen (secondary N) is 1. The Balaban J connectivity index is 1.44. The molecule has 5 nitrogen and oxygen atoms in total. The number of hydrogen-bond donors (Lipinski definition) is 1. The summed E-state index contributed by atoms with van der Waals surface area (Å²) in [4.78, 5) is 19.2. The van der Waals surface area contributed by atoms with Crippen LogP contribution >= 0.6 is 0 Å². The molecule has 1 aliphatic heterocycles. The molecule has 5 heteroatoms. The Hall–Kier alpha value is -3.18. The minimum Gasteiger partial charge on any atom is -0.492 e. The lowest BCUT2D eigenvalue weighted by Crippen LogP contribution is -2.25. The van der Waals surface area contributed by atoms with Gasteiger partial charge in [0.25, 0.3) is 5.91 Å². The summed E-state index contributed by atoms with van der Waals surface area (Å²) >= 11 is 0. The van der Waals surface area contributed by atoms with Crippen molar-refractivity contribution in [2.75, 3.05) is 13.2 Å². The molecule has 4 rings (SSSR count). The molecular formula is C24H25N3O2. The van der Waals surface area contributed by atoms with E-state index >= 15 is 0 Å². The Kier molecular flexibility index (Phi) is 5.86. The highest BCUT2D eigenvalue weighted by Gasteiger charge is 2.17. The second kappa shape index (κ2) is 8.88. The molecule has 3 aromatic rings. The van der Waals surface area contributed by atoms with Crippen LogP contribution in [-0.2, 0) is 19.6 Å². The normalized spacial score (nSPS) is 13.8. The molecule has 0 saturated carbocycles. The summed E-state index contributed by atoms with van der Waals surface area (Å²) in [5.74, 6) is 0.783. The lowest BCUT2D eigenvalue weighted by molar-refractivity contribution is 0.0950. The number of aryl methyl sites for hydroxylation is 1. The number of benzene rings is 2. The number of aromatic nitrogens is 1. The van der Waals surface area contributed by atoms with Crippen molar-refractivity contribution in [2.24, 2.45) is 0 Å². The molecule has 0 fully saturated rings. The van der Waals surface area contributed by atoms with Crippen molar-refractivity contribution in [1.82, 2.24) is 15.2 Å². The zero-order valence-corrected chi connectivity index (χ0v) is 16.6. The first kappa shape index (κ1) is 19.2. The predicted molar refractivity (Wildman–Crippen MR) is 113 cm³/mol. The van der Waals surface area contributed by atoms with Crippen LogP contribution in [0.25, 0.3) is 0 Å². The van der Waals surface area contributed by atoms with Gasteiger partial charge in [0.05, 0.1) is 0 Å². The van der Waals surface area contributed by atoms with Crippen LogP contribution in [0.5, 0.6) is 5.75 Å². The quantitative estimate of drug-likeness (QED) is 0.725. The number of carbonyl (C=O) groups is 1. The maximum Gasteiger partial charge on any atom is 0.251 e. The van der Waals surface area contributed by atoms with E-state index in [4.69, 9.17) is 4.74 Å². The van der Waals surface area contributed by atoms with Gasteiger partial charge in [-0.2, -0.15) is 0 Å². The minimum atomic E-state index is -0.0727. The topological polar surface area (TPSA) is 54.5 Å². The van der Waals surface area contributed by atoms with E-state index in [0.717, 1.165) is 36.5 Å². The van der Waals surface area contributed by atoms with Gasteiger partial charge in [-0.3, -0.25) is 14.7 Å². The summed E-state index contributed by atoms with van der Waals surface area (Å²) in [6.07, 6.45) is 3.67. The molecule has 148 valence electrons. The Labute approximate surface area is 171 Å². The van der Waals surface area contributed by atoms with Crippen LogP contribution in [0.15, 0.2) is 67.0 Å². The molecule has 0 atom stereocenters. The lowest BCUT2D eigenvalue weighted by atomic mass is 10.1. The molecule has 2 aromatic carbocycles. The van der Waals surface area contributed by atoms with Gasteiger partial charge in [0.15, 0.2) is 0 Å². The monoisotopic (exact) mass is 387 g/mol. The maximum atomic E-state index is 12.7. The zero-order chi connectivity index (χ0) is 20.1. The number of fused-ring (bicyclic) bond motifs is 1. The second-order valence-corrected chi connectivity index (χ2v) is 7.41. The van der Waals surface area contributed by atoms with Crippen LogP contribution in [0.1, 0.15) is 32.6 Å². The Morgan fingerprint density at radius 1 is 1.14 bits per heavy atom. The number of carbonyl (C=O) groups excluding carboxylic acids is 1. The fourth-order valence-electron chi connectivity index (χ4n) is 3.46. The van der Waals surface area contributed by atoms with Crippen molar-refractivity contribution in [2.45, 2.75) is 26.6 Å². The molecule has 0 aliphatic carbocycles.